The Bertz CT molecular complexity index is 1960. The van der Waals surface area contributed by atoms with Crippen LogP contribution in [-0.4, -0.2) is 43.6 Å². The maximum absolute atomic E-state index is 13.6. The predicted octanol–water partition coefficient (Wildman–Crippen LogP) is 7.74. The van der Waals surface area contributed by atoms with Crippen molar-refractivity contribution in [1.82, 2.24) is 19.3 Å². The number of benzene rings is 3. The average Bonchev–Trinajstić information content (AvgIpc) is 3.64. The van der Waals surface area contributed by atoms with E-state index in [-0.39, 0.29) is 17.5 Å². The number of fused-ring (bicyclic) bond motifs is 1. The molecular weight excluding hydrogens is 600 g/mol. The summed E-state index contributed by atoms with van der Waals surface area (Å²) < 4.78 is 62.2. The molecule has 2 saturated carbocycles. The third-order valence-corrected chi connectivity index (χ3v) is 11.9. The fourth-order valence-electron chi connectivity index (χ4n) is 6.50. The van der Waals surface area contributed by atoms with Crippen molar-refractivity contribution in [3.8, 4) is 28.4 Å². The number of ether oxygens (including phenoxy) is 1. The van der Waals surface area contributed by atoms with Gasteiger partial charge in [0.1, 0.15) is 18.7 Å². The molecule has 0 radical (unpaired) electrons. The Morgan fingerprint density at radius 2 is 1.78 bits per heavy atom. The second-order valence-electron chi connectivity index (χ2n) is 12.5. The van der Waals surface area contributed by atoms with Gasteiger partial charge in [0.2, 0.25) is 0 Å². The molecule has 45 heavy (non-hydrogen) atoms. The number of aromatic nitrogens is 4. The molecule has 3 aromatic carbocycles. The van der Waals surface area contributed by atoms with Crippen molar-refractivity contribution in [3.05, 3.63) is 84.2 Å². The van der Waals surface area contributed by atoms with Gasteiger partial charge in [-0.1, -0.05) is 55.5 Å². The van der Waals surface area contributed by atoms with Crippen LogP contribution in [0.3, 0.4) is 0 Å². The summed E-state index contributed by atoms with van der Waals surface area (Å²) in [5.74, 6) is 0.155. The summed E-state index contributed by atoms with van der Waals surface area (Å²) in [6.07, 6.45) is 0.383. The normalized spacial score (nSPS) is 21.4. The van der Waals surface area contributed by atoms with E-state index in [9.17, 15) is 22.8 Å². The van der Waals surface area contributed by atoms with Gasteiger partial charge in [0, 0.05) is 60.1 Å². The summed E-state index contributed by atoms with van der Waals surface area (Å²) in [5.41, 5.74) is 3.46. The van der Waals surface area contributed by atoms with Gasteiger partial charge in [-0.2, -0.15) is 5.10 Å². The van der Waals surface area contributed by atoms with Crippen LogP contribution in [0.4, 0.5) is 13.2 Å². The molecule has 7 rings (SSSR count). The van der Waals surface area contributed by atoms with Crippen molar-refractivity contribution in [3.63, 3.8) is 0 Å². The molecule has 0 spiro atoms. The summed E-state index contributed by atoms with van der Waals surface area (Å²) in [6, 6.07) is 19.9. The molecule has 11 heteroatoms. The topological polar surface area (TPSA) is 82.2 Å². The molecule has 1 N–H and O–H groups in total. The van der Waals surface area contributed by atoms with Crippen molar-refractivity contribution >= 4 is 23.3 Å². The first-order valence-electron chi connectivity index (χ1n) is 15.2. The Kier molecular flexibility index (Phi) is 7.02. The molecule has 0 saturated heterocycles. The van der Waals surface area contributed by atoms with E-state index < -0.39 is 24.9 Å². The molecule has 2 aliphatic rings. The minimum absolute atomic E-state index is 0.0240. The standard InChI is InChI=1S/C34H34F3N4O3P/c1-4-45(3,43)24-15-16-26(29(17-24)44-34(35,36)37)32-38-30(31(40(32)2)21-13-14-21)25-11-8-12-28-27(25)20-41(39-28)23-18-33(42,19-23)22-9-6-5-7-10-22/h5-12,15-17,20-21,23,42H,4,13-14,18-19H2,1-3H3/t23?,33?,45-/m0/s1. The quantitative estimate of drug-likeness (QED) is 0.177. The van der Waals surface area contributed by atoms with Crippen LogP contribution in [0.25, 0.3) is 33.5 Å². The predicted molar refractivity (Wildman–Crippen MR) is 168 cm³/mol. The monoisotopic (exact) mass is 634 g/mol. The largest absolute Gasteiger partial charge is 0.573 e. The fraction of sp³-hybridized carbons (Fsp3) is 0.353. The lowest BCUT2D eigenvalue weighted by molar-refractivity contribution is -0.274. The Morgan fingerprint density at radius 1 is 1.04 bits per heavy atom. The van der Waals surface area contributed by atoms with Gasteiger partial charge in [0.15, 0.2) is 0 Å². The maximum atomic E-state index is 13.6. The second kappa shape index (κ2) is 10.6. The van der Waals surface area contributed by atoms with Gasteiger partial charge in [-0.3, -0.25) is 4.68 Å². The van der Waals surface area contributed by atoms with Gasteiger partial charge in [0.05, 0.1) is 28.4 Å². The van der Waals surface area contributed by atoms with E-state index in [4.69, 9.17) is 10.1 Å². The number of halogens is 3. The molecule has 1 atom stereocenters. The molecule has 2 aromatic heterocycles. The lowest BCUT2D eigenvalue weighted by atomic mass is 9.71. The molecule has 0 amide bonds. The smallest absolute Gasteiger partial charge is 0.405 e. The van der Waals surface area contributed by atoms with E-state index in [2.05, 4.69) is 4.74 Å². The van der Waals surface area contributed by atoms with E-state index in [0.717, 1.165) is 40.6 Å². The van der Waals surface area contributed by atoms with Crippen LogP contribution in [0.2, 0.25) is 0 Å². The SMILES string of the molecule is CC[P@](C)(=O)c1ccc(-c2nc(-c3cccc4nn(C5CC(O)(c6ccccc6)C5)cc34)c(C3CC3)n2C)c(OC(F)(F)F)c1. The van der Waals surface area contributed by atoms with Crippen LogP contribution in [-0.2, 0) is 17.2 Å². The average molecular weight is 635 g/mol. The molecule has 5 aromatic rings. The van der Waals surface area contributed by atoms with Crippen molar-refractivity contribution in [1.29, 1.82) is 0 Å². The van der Waals surface area contributed by atoms with E-state index in [0.29, 0.717) is 35.8 Å². The first-order chi connectivity index (χ1) is 21.4. The highest BCUT2D eigenvalue weighted by atomic mass is 31.2. The highest BCUT2D eigenvalue weighted by Crippen LogP contribution is 2.50. The minimum atomic E-state index is -4.93. The lowest BCUT2D eigenvalue weighted by Crippen LogP contribution is -2.42. The van der Waals surface area contributed by atoms with E-state index >= 15 is 0 Å². The molecular formula is C34H34F3N4O3P. The van der Waals surface area contributed by atoms with Crippen LogP contribution >= 0.6 is 7.14 Å². The third kappa shape index (κ3) is 5.38. The first kappa shape index (κ1) is 29.8. The number of alkyl halides is 3. The van der Waals surface area contributed by atoms with Gasteiger partial charge >= 0.3 is 6.36 Å². The summed E-state index contributed by atoms with van der Waals surface area (Å²) in [4.78, 5) is 4.98. The molecule has 2 aliphatic carbocycles. The summed E-state index contributed by atoms with van der Waals surface area (Å²) in [7, 11) is -1.03. The molecule has 0 aliphatic heterocycles. The lowest BCUT2D eigenvalue weighted by Gasteiger charge is -2.44. The second-order valence-corrected chi connectivity index (χ2v) is 15.8. The molecule has 2 heterocycles. The number of rotatable bonds is 8. The highest BCUT2D eigenvalue weighted by molar-refractivity contribution is 7.70. The zero-order valence-corrected chi connectivity index (χ0v) is 26.1. The number of nitrogens with zero attached hydrogens (tertiary/aromatic N) is 4. The molecule has 234 valence electrons. The highest BCUT2D eigenvalue weighted by Gasteiger charge is 2.45. The van der Waals surface area contributed by atoms with E-state index in [1.165, 1.54) is 12.1 Å². The first-order valence-corrected chi connectivity index (χ1v) is 17.5. The minimum Gasteiger partial charge on any atom is -0.405 e. The molecule has 7 nitrogen and oxygen atoms in total. The summed E-state index contributed by atoms with van der Waals surface area (Å²) in [6.45, 7) is 3.32. The van der Waals surface area contributed by atoms with E-state index in [1.807, 2.05) is 71.0 Å². The zero-order chi connectivity index (χ0) is 31.7. The Hall–Kier alpha value is -3.88. The maximum Gasteiger partial charge on any atom is 0.573 e. The molecule has 0 unspecified atom stereocenters. The summed E-state index contributed by atoms with van der Waals surface area (Å²) >= 11 is 0. The molecule has 2 fully saturated rings. The number of aliphatic hydroxyl groups is 1. The van der Waals surface area contributed by atoms with Crippen molar-refractivity contribution in [2.45, 2.75) is 56.5 Å². The van der Waals surface area contributed by atoms with Crippen LogP contribution in [0.15, 0.2) is 72.9 Å². The van der Waals surface area contributed by atoms with E-state index in [1.54, 1.807) is 19.7 Å². The fourth-order valence-corrected chi connectivity index (χ4v) is 7.65. The third-order valence-electron chi connectivity index (χ3n) is 9.34. The van der Waals surface area contributed by atoms with Gasteiger partial charge in [-0.15, -0.1) is 13.2 Å². The number of hydrogen-bond donors (Lipinski definition) is 1. The van der Waals surface area contributed by atoms with Crippen molar-refractivity contribution < 1.29 is 27.6 Å². The zero-order valence-electron chi connectivity index (χ0n) is 25.3. The van der Waals surface area contributed by atoms with Crippen LogP contribution in [0.5, 0.6) is 5.75 Å². The summed E-state index contributed by atoms with van der Waals surface area (Å²) in [5, 5.41) is 17.3. The van der Waals surface area contributed by atoms with Crippen molar-refractivity contribution in [2.24, 2.45) is 7.05 Å². The Balaban J connectivity index is 1.30. The molecule has 0 bridgehead atoms. The number of hydrogen-bond acceptors (Lipinski definition) is 5. The Morgan fingerprint density at radius 3 is 2.44 bits per heavy atom. The van der Waals surface area contributed by atoms with Crippen LogP contribution in [0, 0.1) is 0 Å². The van der Waals surface area contributed by atoms with Crippen LogP contribution in [0.1, 0.15) is 55.8 Å². The van der Waals surface area contributed by atoms with Gasteiger partial charge in [-0.25, -0.2) is 4.98 Å². The number of imidazole rings is 1. The van der Waals surface area contributed by atoms with Crippen LogP contribution < -0.4 is 10.0 Å². The van der Waals surface area contributed by atoms with Gasteiger partial charge < -0.3 is 19.0 Å². The van der Waals surface area contributed by atoms with Gasteiger partial charge in [-0.05, 0) is 43.3 Å². The Labute approximate surface area is 259 Å². The van der Waals surface area contributed by atoms with Crippen molar-refractivity contribution in [2.75, 3.05) is 12.8 Å². The van der Waals surface area contributed by atoms with Gasteiger partial charge in [0.25, 0.3) is 0 Å².